The molecule has 8 rings (SSSR count). The minimum atomic E-state index is -4.44. The van der Waals surface area contributed by atoms with Gasteiger partial charge in [-0.15, -0.1) is 0 Å². The molecule has 0 aliphatic carbocycles. The van der Waals surface area contributed by atoms with Crippen molar-refractivity contribution in [2.75, 3.05) is 14.2 Å². The van der Waals surface area contributed by atoms with Gasteiger partial charge < -0.3 is 17.8 Å². The standard InChI is InChI=1S/C28H31FN2O6S.C28H29FN2O6S/c2*1-3-7-20-13-16-22(36-2)18-31-27(20)30-25(24(32)17-12-19-10-14-21(29)15-11-19)26(28(31)33)37-38(34,35)23-8-5-4-6-9-23/h4-6,8-11,14-15,20,22H,3,7,12-13,16-18H2,1-2H3;4-6,8-11,13-15,22H,3,7,12,16-18H2,1-2H3/t20?,22-;22-/m00/s1. The molecule has 6 aromatic rings. The predicted octanol–water partition coefficient (Wildman–Crippen LogP) is 9.23. The van der Waals surface area contributed by atoms with E-state index in [1.807, 2.05) is 19.9 Å². The van der Waals surface area contributed by atoms with Gasteiger partial charge in [0.1, 0.15) is 33.1 Å². The number of carbonyl (C=O) groups is 2. The van der Waals surface area contributed by atoms with Crippen molar-refractivity contribution in [1.82, 2.24) is 19.1 Å². The van der Waals surface area contributed by atoms with Crippen LogP contribution in [0.4, 0.5) is 8.78 Å². The van der Waals surface area contributed by atoms with Gasteiger partial charge in [0.15, 0.2) is 23.0 Å². The summed E-state index contributed by atoms with van der Waals surface area (Å²) in [5.74, 6) is -2.51. The van der Waals surface area contributed by atoms with Crippen molar-refractivity contribution in [2.45, 2.75) is 125 Å². The van der Waals surface area contributed by atoms with Crippen LogP contribution in [0, 0.1) is 11.6 Å². The van der Waals surface area contributed by atoms with E-state index in [4.69, 9.17) is 17.8 Å². The summed E-state index contributed by atoms with van der Waals surface area (Å²) in [4.78, 5) is 63.3. The number of benzene rings is 4. The van der Waals surface area contributed by atoms with Crippen LogP contribution in [0.25, 0.3) is 5.57 Å². The van der Waals surface area contributed by atoms with Crippen LogP contribution in [0.2, 0.25) is 0 Å². The molecule has 0 N–H and O–H groups in total. The van der Waals surface area contributed by atoms with Crippen LogP contribution in [0.5, 0.6) is 11.5 Å². The van der Waals surface area contributed by atoms with Crippen molar-refractivity contribution < 1.29 is 53.0 Å². The lowest BCUT2D eigenvalue weighted by atomic mass is 9.96. The number of allylic oxidation sites excluding steroid dienone is 1. The highest BCUT2D eigenvalue weighted by atomic mass is 32.2. The van der Waals surface area contributed by atoms with Crippen LogP contribution in [0.1, 0.15) is 121 Å². The van der Waals surface area contributed by atoms with E-state index in [0.717, 1.165) is 30.4 Å². The van der Waals surface area contributed by atoms with Gasteiger partial charge in [-0.05, 0) is 110 Å². The Hall–Kier alpha value is -7.00. The number of fused-ring (bicyclic) bond motifs is 2. The Labute approximate surface area is 440 Å². The molecule has 20 heteroatoms. The Morgan fingerprint density at radius 3 is 1.55 bits per heavy atom. The van der Waals surface area contributed by atoms with E-state index >= 15 is 0 Å². The first kappa shape index (κ1) is 56.7. The van der Waals surface area contributed by atoms with Crippen LogP contribution in [0.3, 0.4) is 0 Å². The zero-order chi connectivity index (χ0) is 54.6. The van der Waals surface area contributed by atoms with E-state index in [1.54, 1.807) is 43.5 Å². The lowest BCUT2D eigenvalue weighted by molar-refractivity contribution is 0.0810. The zero-order valence-corrected chi connectivity index (χ0v) is 44.3. The van der Waals surface area contributed by atoms with Crippen LogP contribution in [-0.2, 0) is 55.6 Å². The minimum Gasteiger partial charge on any atom is -0.380 e. The largest absolute Gasteiger partial charge is 0.380 e. The fraction of sp³-hybridized carbons (Fsp3) is 0.357. The summed E-state index contributed by atoms with van der Waals surface area (Å²) in [5, 5.41) is 0. The average Bonchev–Trinajstić information content (AvgIpc) is 3.72. The molecule has 4 heterocycles. The number of aromatic nitrogens is 4. The molecule has 2 aliphatic heterocycles. The lowest BCUT2D eigenvalue weighted by Gasteiger charge is -2.20. The molecular formula is C56H60F2N4O12S2. The highest BCUT2D eigenvalue weighted by molar-refractivity contribution is 7.87. The van der Waals surface area contributed by atoms with Gasteiger partial charge >= 0.3 is 20.2 Å². The second-order valence-corrected chi connectivity index (χ2v) is 21.5. The van der Waals surface area contributed by atoms with Crippen molar-refractivity contribution in [1.29, 1.82) is 0 Å². The first-order chi connectivity index (χ1) is 36.5. The smallest absolute Gasteiger partial charge is 0.339 e. The topological polar surface area (TPSA) is 209 Å². The summed E-state index contributed by atoms with van der Waals surface area (Å²) >= 11 is 0. The predicted molar refractivity (Wildman–Crippen MR) is 280 cm³/mol. The Morgan fingerprint density at radius 2 is 1.08 bits per heavy atom. The summed E-state index contributed by atoms with van der Waals surface area (Å²) < 4.78 is 103. The van der Waals surface area contributed by atoms with Gasteiger partial charge in [-0.1, -0.05) is 93.4 Å². The second kappa shape index (κ2) is 25.7. The van der Waals surface area contributed by atoms with Gasteiger partial charge in [0.05, 0.1) is 25.3 Å². The van der Waals surface area contributed by atoms with E-state index in [-0.39, 0.29) is 78.1 Å². The molecule has 0 bridgehead atoms. The summed E-state index contributed by atoms with van der Waals surface area (Å²) in [7, 11) is -5.76. The maximum Gasteiger partial charge on any atom is 0.339 e. The van der Waals surface area contributed by atoms with E-state index < -0.39 is 66.1 Å². The minimum absolute atomic E-state index is 0.0671. The van der Waals surface area contributed by atoms with Crippen LogP contribution in [-0.4, -0.2) is 73.9 Å². The van der Waals surface area contributed by atoms with Crippen molar-refractivity contribution in [3.8, 4) is 11.5 Å². The van der Waals surface area contributed by atoms with Crippen LogP contribution < -0.4 is 19.5 Å². The Kier molecular flexibility index (Phi) is 19.2. The molecule has 0 saturated carbocycles. The van der Waals surface area contributed by atoms with Gasteiger partial charge in [-0.2, -0.15) is 16.8 Å². The van der Waals surface area contributed by atoms with Crippen LogP contribution >= 0.6 is 0 Å². The molecule has 1 unspecified atom stereocenters. The van der Waals surface area contributed by atoms with E-state index in [9.17, 15) is 44.8 Å². The number of nitrogens with zero attached hydrogens (tertiary/aromatic N) is 4. The van der Waals surface area contributed by atoms with Gasteiger partial charge in [0.2, 0.25) is 11.5 Å². The van der Waals surface area contributed by atoms with Crippen molar-refractivity contribution in [3.05, 3.63) is 182 Å². The maximum absolute atomic E-state index is 13.8. The SMILES string of the molecule is CCCC1=CC[C@H](OC)Cn2c1nc(C(=O)CCc1ccc(F)cc1)c(OS(=O)(=O)c1ccccc1)c2=O.CCCC1CC[C@H](OC)Cn2c1nc(C(=O)CCc1ccc(F)cc1)c(OS(=O)(=O)c1ccccc1)c2=O. The number of Topliss-reactive ketones (excluding diaryl/α,β-unsaturated/α-hetero) is 2. The third kappa shape index (κ3) is 13.9. The number of hydrogen-bond donors (Lipinski definition) is 0. The molecule has 4 aromatic carbocycles. The number of ether oxygens (including phenoxy) is 2. The summed E-state index contributed by atoms with van der Waals surface area (Å²) in [6.07, 6.45) is 6.57. The van der Waals surface area contributed by atoms with E-state index in [2.05, 4.69) is 9.97 Å². The molecule has 2 aromatic heterocycles. The third-order valence-electron chi connectivity index (χ3n) is 13.1. The Bertz CT molecular complexity index is 3390. The van der Waals surface area contributed by atoms with E-state index in [1.165, 1.54) is 89.0 Å². The molecule has 2 aliphatic rings. The molecule has 0 fully saturated rings. The zero-order valence-electron chi connectivity index (χ0n) is 42.7. The second-order valence-electron chi connectivity index (χ2n) is 18.4. The van der Waals surface area contributed by atoms with Gasteiger partial charge in [-0.25, -0.2) is 18.7 Å². The van der Waals surface area contributed by atoms with Gasteiger partial charge in [0.25, 0.3) is 11.1 Å². The fourth-order valence-corrected chi connectivity index (χ4v) is 10.9. The Morgan fingerprint density at radius 1 is 0.605 bits per heavy atom. The number of aryl methyl sites for hydroxylation is 2. The Balaban J connectivity index is 0.000000221. The molecule has 402 valence electrons. The first-order valence-electron chi connectivity index (χ1n) is 25.1. The van der Waals surface area contributed by atoms with Crippen molar-refractivity contribution in [2.24, 2.45) is 0 Å². The number of halogens is 2. The van der Waals surface area contributed by atoms with Crippen LogP contribution in [0.15, 0.2) is 135 Å². The van der Waals surface area contributed by atoms with Crippen molar-refractivity contribution in [3.63, 3.8) is 0 Å². The monoisotopic (exact) mass is 1080 g/mol. The first-order valence-corrected chi connectivity index (χ1v) is 27.9. The quantitative estimate of drug-likeness (QED) is 0.0516. The third-order valence-corrected chi connectivity index (χ3v) is 15.6. The number of methoxy groups -OCH3 is 2. The van der Waals surface area contributed by atoms with Gasteiger partial charge in [-0.3, -0.25) is 28.3 Å². The summed E-state index contributed by atoms with van der Waals surface area (Å²) in [6.45, 7) is 4.30. The molecule has 0 saturated heterocycles. The molecule has 3 atom stereocenters. The van der Waals surface area contributed by atoms with E-state index in [0.29, 0.717) is 42.9 Å². The lowest BCUT2D eigenvalue weighted by Crippen LogP contribution is -2.33. The molecule has 0 radical (unpaired) electrons. The fourth-order valence-electron chi connectivity index (χ4n) is 8.99. The molecule has 16 nitrogen and oxygen atoms in total. The summed E-state index contributed by atoms with van der Waals surface area (Å²) in [6, 6.07) is 26.2. The van der Waals surface area contributed by atoms with Crippen molar-refractivity contribution >= 4 is 37.4 Å². The normalized spacial score (nSPS) is 16.4. The molecule has 0 spiro atoms. The average molecular weight is 1080 g/mol. The highest BCUT2D eigenvalue weighted by Gasteiger charge is 2.34. The number of carbonyl (C=O) groups excluding carboxylic acids is 2. The molecule has 76 heavy (non-hydrogen) atoms. The molecule has 0 amide bonds. The van der Waals surface area contributed by atoms with Gasteiger partial charge in [0, 0.05) is 33.0 Å². The number of rotatable bonds is 20. The number of hydrogen-bond acceptors (Lipinski definition) is 14. The number of ketones is 2. The maximum atomic E-state index is 13.8. The summed E-state index contributed by atoms with van der Waals surface area (Å²) in [5.41, 5.74) is 0.0441. The highest BCUT2D eigenvalue weighted by Crippen LogP contribution is 2.33. The molecular weight excluding hydrogens is 1020 g/mol.